The Labute approximate surface area is 520 Å². The summed E-state index contributed by atoms with van der Waals surface area (Å²) in [4.78, 5) is 24.6. The quantitative estimate of drug-likeness (QED) is 0.0320. The number of carbonyl (C=O) groups excluding carboxylic acids is 2. The first kappa shape index (κ1) is 81.6. The van der Waals surface area contributed by atoms with E-state index in [1.807, 2.05) is 6.08 Å². The highest BCUT2D eigenvalue weighted by Gasteiger charge is 2.18. The van der Waals surface area contributed by atoms with Crippen LogP contribution in [0.25, 0.3) is 0 Å². The smallest absolute Gasteiger partial charge is 0.305 e. The lowest BCUT2D eigenvalue weighted by atomic mass is 10.0. The van der Waals surface area contributed by atoms with Crippen molar-refractivity contribution < 1.29 is 24.5 Å². The number of ether oxygens (including phenoxy) is 1. The van der Waals surface area contributed by atoms with E-state index in [0.29, 0.717) is 19.4 Å². The number of amides is 1. The van der Waals surface area contributed by atoms with Crippen molar-refractivity contribution in [2.45, 2.75) is 456 Å². The summed E-state index contributed by atoms with van der Waals surface area (Å²) in [5.41, 5.74) is 0. The molecule has 0 aromatic rings. The zero-order chi connectivity index (χ0) is 59.9. The van der Waals surface area contributed by atoms with Crippen LogP contribution >= 0.6 is 0 Å². The summed E-state index contributed by atoms with van der Waals surface area (Å²) in [6.45, 7) is 4.96. The van der Waals surface area contributed by atoms with Crippen molar-refractivity contribution >= 4 is 11.9 Å². The molecule has 0 saturated heterocycles. The highest BCUT2D eigenvalue weighted by Crippen LogP contribution is 2.20. The molecule has 0 bridgehead atoms. The van der Waals surface area contributed by atoms with Gasteiger partial charge in [-0.25, -0.2) is 0 Å². The zero-order valence-electron chi connectivity index (χ0n) is 56.7. The van der Waals surface area contributed by atoms with Crippen molar-refractivity contribution in [3.8, 4) is 0 Å². The van der Waals surface area contributed by atoms with Crippen molar-refractivity contribution in [3.63, 3.8) is 0 Å². The molecular formula is C77H151NO5. The van der Waals surface area contributed by atoms with Gasteiger partial charge < -0.3 is 20.3 Å². The topological polar surface area (TPSA) is 95.9 Å². The molecule has 0 aliphatic rings. The van der Waals surface area contributed by atoms with Crippen LogP contribution in [0.1, 0.15) is 444 Å². The number of esters is 1. The predicted molar refractivity (Wildman–Crippen MR) is 366 cm³/mol. The van der Waals surface area contributed by atoms with Gasteiger partial charge in [0.05, 0.1) is 25.4 Å². The van der Waals surface area contributed by atoms with Crippen LogP contribution in [0.2, 0.25) is 0 Å². The average molecular weight is 1170 g/mol. The molecular weight excluding hydrogens is 1020 g/mol. The van der Waals surface area contributed by atoms with Crippen molar-refractivity contribution in [2.75, 3.05) is 13.2 Å². The van der Waals surface area contributed by atoms with Gasteiger partial charge in [0.25, 0.3) is 0 Å². The third kappa shape index (κ3) is 69.6. The van der Waals surface area contributed by atoms with Gasteiger partial charge in [0.2, 0.25) is 5.91 Å². The molecule has 0 aromatic heterocycles. The summed E-state index contributed by atoms with van der Waals surface area (Å²) >= 11 is 0. The maximum Gasteiger partial charge on any atom is 0.305 e. The molecule has 1 amide bonds. The minimum Gasteiger partial charge on any atom is -0.466 e. The van der Waals surface area contributed by atoms with Crippen molar-refractivity contribution in [1.29, 1.82) is 0 Å². The van der Waals surface area contributed by atoms with E-state index in [1.165, 1.54) is 379 Å². The van der Waals surface area contributed by atoms with Crippen LogP contribution in [-0.2, 0) is 14.3 Å². The number of hydrogen-bond donors (Lipinski definition) is 3. The number of aliphatic hydroxyl groups excluding tert-OH is 2. The van der Waals surface area contributed by atoms with Crippen molar-refractivity contribution in [1.82, 2.24) is 5.32 Å². The summed E-state index contributed by atoms with van der Waals surface area (Å²) in [7, 11) is 0. The summed E-state index contributed by atoms with van der Waals surface area (Å²) in [6.07, 6.45) is 91.8. The molecule has 2 unspecified atom stereocenters. The van der Waals surface area contributed by atoms with E-state index in [4.69, 9.17) is 4.74 Å². The van der Waals surface area contributed by atoms with Gasteiger partial charge in [-0.05, 0) is 32.1 Å². The van der Waals surface area contributed by atoms with Crippen LogP contribution in [0.15, 0.2) is 12.2 Å². The maximum atomic E-state index is 12.5. The highest BCUT2D eigenvalue weighted by atomic mass is 16.5. The van der Waals surface area contributed by atoms with Gasteiger partial charge in [-0.1, -0.05) is 411 Å². The van der Waals surface area contributed by atoms with Crippen LogP contribution in [0, 0.1) is 0 Å². The van der Waals surface area contributed by atoms with E-state index < -0.39 is 12.1 Å². The van der Waals surface area contributed by atoms with Gasteiger partial charge in [0, 0.05) is 12.8 Å². The molecule has 0 spiro atoms. The normalized spacial score (nSPS) is 12.5. The zero-order valence-corrected chi connectivity index (χ0v) is 56.7. The maximum absolute atomic E-state index is 12.5. The third-order valence-corrected chi connectivity index (χ3v) is 18.3. The first-order valence-electron chi connectivity index (χ1n) is 38.5. The predicted octanol–water partition coefficient (Wildman–Crippen LogP) is 25.1. The molecule has 3 N–H and O–H groups in total. The Hall–Kier alpha value is -1.40. The third-order valence-electron chi connectivity index (χ3n) is 18.3. The minimum atomic E-state index is -0.843. The molecule has 0 saturated carbocycles. The van der Waals surface area contributed by atoms with Crippen LogP contribution in [-0.4, -0.2) is 47.4 Å². The van der Waals surface area contributed by atoms with Gasteiger partial charge in [-0.15, -0.1) is 0 Å². The Morgan fingerprint density at radius 1 is 0.325 bits per heavy atom. The standard InChI is InChI=1S/C77H151NO5/c1-3-5-7-9-11-13-15-17-18-19-20-21-22-31-34-37-40-43-46-49-53-57-61-65-69-75(80)74(73-79)78-76(81)70-66-62-58-54-50-47-44-41-38-35-32-29-27-25-23-24-26-28-30-33-36-39-42-45-48-52-56-60-64-68-72-83-77(82)71-67-63-59-55-51-16-14-12-10-8-6-4-2/h65,69,74-75,79-80H,3-64,66-68,70-73H2,1-2H3,(H,78,81)/b69-65+. The van der Waals surface area contributed by atoms with Crippen molar-refractivity contribution in [3.05, 3.63) is 12.2 Å². The molecule has 2 atom stereocenters. The number of rotatable bonds is 73. The van der Waals surface area contributed by atoms with Gasteiger partial charge in [-0.3, -0.25) is 9.59 Å². The fourth-order valence-electron chi connectivity index (χ4n) is 12.5. The van der Waals surface area contributed by atoms with Crippen molar-refractivity contribution in [2.24, 2.45) is 0 Å². The van der Waals surface area contributed by atoms with Gasteiger partial charge in [-0.2, -0.15) is 0 Å². The second-order valence-electron chi connectivity index (χ2n) is 26.7. The van der Waals surface area contributed by atoms with Gasteiger partial charge >= 0.3 is 5.97 Å². The van der Waals surface area contributed by atoms with E-state index in [9.17, 15) is 19.8 Å². The Bertz CT molecular complexity index is 1260. The lowest BCUT2D eigenvalue weighted by molar-refractivity contribution is -0.143. The average Bonchev–Trinajstić information content (AvgIpc) is 3.49. The number of allylic oxidation sites excluding steroid dienone is 1. The fraction of sp³-hybridized carbons (Fsp3) is 0.948. The molecule has 0 aliphatic heterocycles. The van der Waals surface area contributed by atoms with Crippen LogP contribution in [0.5, 0.6) is 0 Å². The molecule has 0 heterocycles. The van der Waals surface area contributed by atoms with Crippen LogP contribution in [0.3, 0.4) is 0 Å². The fourth-order valence-corrected chi connectivity index (χ4v) is 12.5. The molecule has 83 heavy (non-hydrogen) atoms. The summed E-state index contributed by atoms with van der Waals surface area (Å²) in [5.74, 6) is -0.0368. The number of unbranched alkanes of at least 4 members (excludes halogenated alkanes) is 62. The van der Waals surface area contributed by atoms with E-state index in [1.54, 1.807) is 6.08 Å². The summed E-state index contributed by atoms with van der Waals surface area (Å²) in [6, 6.07) is -0.626. The lowest BCUT2D eigenvalue weighted by Gasteiger charge is -2.20. The number of hydrogen-bond acceptors (Lipinski definition) is 5. The lowest BCUT2D eigenvalue weighted by Crippen LogP contribution is -2.45. The Morgan fingerprint density at radius 2 is 0.554 bits per heavy atom. The first-order chi connectivity index (χ1) is 41.0. The van der Waals surface area contributed by atoms with E-state index in [0.717, 1.165) is 38.5 Å². The molecule has 6 nitrogen and oxygen atoms in total. The largest absolute Gasteiger partial charge is 0.466 e. The Balaban J connectivity index is 3.36. The molecule has 494 valence electrons. The molecule has 0 rings (SSSR count). The molecule has 0 aromatic carbocycles. The number of nitrogens with one attached hydrogen (secondary N) is 1. The van der Waals surface area contributed by atoms with E-state index in [2.05, 4.69) is 19.2 Å². The molecule has 0 fully saturated rings. The van der Waals surface area contributed by atoms with Gasteiger partial charge in [0.1, 0.15) is 0 Å². The summed E-state index contributed by atoms with van der Waals surface area (Å²) < 4.78 is 5.49. The second kappa shape index (κ2) is 73.1. The minimum absolute atomic E-state index is 0.0216. The van der Waals surface area contributed by atoms with Crippen LogP contribution in [0.4, 0.5) is 0 Å². The van der Waals surface area contributed by atoms with Gasteiger partial charge in [0.15, 0.2) is 0 Å². The number of carbonyl (C=O) groups is 2. The van der Waals surface area contributed by atoms with E-state index in [-0.39, 0.29) is 18.5 Å². The van der Waals surface area contributed by atoms with E-state index >= 15 is 0 Å². The summed E-state index contributed by atoms with van der Waals surface area (Å²) in [5, 5.41) is 23.3. The van der Waals surface area contributed by atoms with Crippen LogP contribution < -0.4 is 5.32 Å². The first-order valence-corrected chi connectivity index (χ1v) is 38.5. The Kier molecular flexibility index (Phi) is 71.8. The number of aliphatic hydroxyl groups is 2. The molecule has 6 heteroatoms. The SMILES string of the molecule is CCCCCCCCCCCCCCCCCCCCCCCC/C=C/C(O)C(CO)NC(=O)CCCCCCCCCCCCCCCCCCCCCCCCCCCCCCCCOC(=O)CCCCCCCCCCCCCC. The monoisotopic (exact) mass is 1170 g/mol. The molecule has 0 radical (unpaired) electrons. The Morgan fingerprint density at radius 3 is 0.819 bits per heavy atom. The second-order valence-corrected chi connectivity index (χ2v) is 26.7. The highest BCUT2D eigenvalue weighted by molar-refractivity contribution is 5.76. The molecule has 0 aliphatic carbocycles.